The monoisotopic (exact) mass is 1060 g/mol. The molecule has 10 atom stereocenters. The smallest absolute Gasteiger partial charge is 0.444 e. The average Bonchev–Trinajstić information content (AvgIpc) is 4.10. The molecule has 4 amide bonds. The zero-order valence-corrected chi connectivity index (χ0v) is 42.4. The largest absolute Gasteiger partial charge is 0.472 e. The molecule has 3 saturated heterocycles. The molecule has 5 aromatic rings. The molecule has 0 aliphatic carbocycles. The number of ether oxygens (including phenoxy) is 4. The number of nitrogens with zero attached hydrogens (tertiary/aromatic N) is 9. The van der Waals surface area contributed by atoms with Crippen molar-refractivity contribution in [1.29, 1.82) is 0 Å². The number of carbonyl (C=O) groups is 4. The van der Waals surface area contributed by atoms with Gasteiger partial charge >= 0.3 is 27.8 Å². The van der Waals surface area contributed by atoms with Gasteiger partial charge in [-0.3, -0.25) is 51.9 Å². The number of H-pyrrole nitrogens is 1. The van der Waals surface area contributed by atoms with Crippen molar-refractivity contribution in [3.05, 3.63) is 65.2 Å². The van der Waals surface area contributed by atoms with Crippen molar-refractivity contribution >= 4 is 73.7 Å². The van der Waals surface area contributed by atoms with Crippen LogP contribution in [0.2, 0.25) is 0 Å². The lowest BCUT2D eigenvalue weighted by atomic mass is 10.0. The van der Waals surface area contributed by atoms with E-state index in [9.17, 15) is 42.9 Å². The van der Waals surface area contributed by atoms with Gasteiger partial charge in [0, 0.05) is 44.6 Å². The number of benzene rings is 1. The molecule has 73 heavy (non-hydrogen) atoms. The summed E-state index contributed by atoms with van der Waals surface area (Å²) in [7, 11) is -7.69. The van der Waals surface area contributed by atoms with E-state index in [-0.39, 0.29) is 47.2 Å². The summed E-state index contributed by atoms with van der Waals surface area (Å²) >= 11 is 0. The lowest BCUT2D eigenvalue weighted by Crippen LogP contribution is -2.44. The van der Waals surface area contributed by atoms with Gasteiger partial charge in [-0.15, -0.1) is 0 Å². The number of amides is 4. The van der Waals surface area contributed by atoms with E-state index in [1.165, 1.54) is 36.2 Å². The zero-order valence-electron chi connectivity index (χ0n) is 40.6. The summed E-state index contributed by atoms with van der Waals surface area (Å²) in [6, 6.07) is 8.38. The predicted octanol–water partition coefficient (Wildman–Crippen LogP) is 3.56. The summed E-state index contributed by atoms with van der Waals surface area (Å²) < 4.78 is 77.0. The van der Waals surface area contributed by atoms with E-state index in [0.717, 1.165) is 15.8 Å². The number of aromatic amines is 1. The van der Waals surface area contributed by atoms with Gasteiger partial charge in [0.1, 0.15) is 42.6 Å². The number of phosphoric ester groups is 2. The number of rotatable bonds is 10. The van der Waals surface area contributed by atoms with Crippen LogP contribution in [0.5, 0.6) is 0 Å². The molecule has 3 aliphatic rings. The molecule has 1 aromatic carbocycles. The molecule has 0 saturated carbocycles. The summed E-state index contributed by atoms with van der Waals surface area (Å²) in [6.45, 7) is 7.99. The van der Waals surface area contributed by atoms with Crippen LogP contribution in [0.1, 0.15) is 64.4 Å². The lowest BCUT2D eigenvalue weighted by Gasteiger charge is -2.30. The maximum absolute atomic E-state index is 14.1. The third-order valence-corrected chi connectivity index (χ3v) is 13.6. The van der Waals surface area contributed by atoms with Crippen molar-refractivity contribution in [2.45, 2.75) is 90.1 Å². The molecule has 394 valence electrons. The van der Waals surface area contributed by atoms with Gasteiger partial charge in [-0.1, -0.05) is 39.0 Å². The molecule has 29 nitrogen and oxygen atoms in total. The molecule has 5 N–H and O–H groups in total. The fourth-order valence-electron chi connectivity index (χ4n) is 7.88. The highest BCUT2D eigenvalue weighted by Gasteiger charge is 2.55. The van der Waals surface area contributed by atoms with Gasteiger partial charge in [0.05, 0.1) is 25.9 Å². The van der Waals surface area contributed by atoms with E-state index < -0.39 is 119 Å². The second-order valence-corrected chi connectivity index (χ2v) is 21.4. The highest BCUT2D eigenvalue weighted by Crippen LogP contribution is 2.55. The molecule has 31 heteroatoms. The molecule has 3 aliphatic heterocycles. The Morgan fingerprint density at radius 1 is 0.836 bits per heavy atom. The van der Waals surface area contributed by atoms with Crippen LogP contribution in [-0.2, 0) is 51.0 Å². The Hall–Kier alpha value is -6.26. The van der Waals surface area contributed by atoms with Crippen molar-refractivity contribution < 1.29 is 75.1 Å². The second kappa shape index (κ2) is 20.9. The maximum Gasteiger partial charge on any atom is 0.472 e. The van der Waals surface area contributed by atoms with Crippen LogP contribution in [-0.4, -0.2) is 159 Å². The number of nitrogens with one attached hydrogen (secondary N) is 3. The van der Waals surface area contributed by atoms with Crippen molar-refractivity contribution in [1.82, 2.24) is 48.8 Å². The SMILES string of the molecule is CC(C)C(=O)Nc1nc2c(ncn2[C@@H]2O[C@@H]3COP(=O)(O)O[C@H]4[C@@H](C)[C@H](n5cnc6c(NC(=O)c7ccccc7)ncnc65)O[C@@H]4COP(=O)(O)O[C@H]3[C@H]2OC(=O)N(C)CCN(C)C(=O)OC(C)(C)C)c(=O)[nH]1. The molecular weight excluding hydrogens is 1010 g/mol. The summed E-state index contributed by atoms with van der Waals surface area (Å²) in [6.07, 6.45) is -8.96. The number of imidazole rings is 2. The molecule has 8 rings (SSSR count). The number of fused-ring (bicyclic) bond motifs is 4. The molecule has 3 fully saturated rings. The van der Waals surface area contributed by atoms with Gasteiger partial charge in [0.2, 0.25) is 11.9 Å². The Morgan fingerprint density at radius 2 is 1.42 bits per heavy atom. The molecule has 0 bridgehead atoms. The minimum absolute atomic E-state index is 0.0425. The van der Waals surface area contributed by atoms with Crippen molar-refractivity contribution in [3.63, 3.8) is 0 Å². The van der Waals surface area contributed by atoms with Crippen LogP contribution in [0.25, 0.3) is 22.3 Å². The Labute approximate surface area is 415 Å². The average molecular weight is 1060 g/mol. The van der Waals surface area contributed by atoms with Crippen LogP contribution in [0, 0.1) is 11.8 Å². The van der Waals surface area contributed by atoms with Crippen molar-refractivity contribution in [2.75, 3.05) is 51.0 Å². The fourth-order valence-corrected chi connectivity index (χ4v) is 9.87. The van der Waals surface area contributed by atoms with Gasteiger partial charge in [-0.2, -0.15) is 4.98 Å². The quantitative estimate of drug-likeness (QED) is 0.125. The van der Waals surface area contributed by atoms with Crippen LogP contribution < -0.4 is 16.2 Å². The van der Waals surface area contributed by atoms with Crippen molar-refractivity contribution in [3.8, 4) is 0 Å². The number of anilines is 2. The van der Waals surface area contributed by atoms with Crippen LogP contribution in [0.4, 0.5) is 21.4 Å². The second-order valence-electron chi connectivity index (χ2n) is 18.6. The highest BCUT2D eigenvalue weighted by atomic mass is 31.2. The first kappa shape index (κ1) is 53.0. The van der Waals surface area contributed by atoms with Gasteiger partial charge in [0.25, 0.3) is 11.5 Å². The highest BCUT2D eigenvalue weighted by molar-refractivity contribution is 7.47. The molecule has 4 aromatic heterocycles. The lowest BCUT2D eigenvalue weighted by molar-refractivity contribution is -0.119. The van der Waals surface area contributed by atoms with Crippen LogP contribution in [0.15, 0.2) is 54.1 Å². The third-order valence-electron chi connectivity index (χ3n) is 11.6. The van der Waals surface area contributed by atoms with E-state index >= 15 is 0 Å². The first-order valence-electron chi connectivity index (χ1n) is 22.7. The number of aromatic nitrogens is 8. The number of hydrogen-bond acceptors (Lipinski definition) is 20. The topological polar surface area (TPSA) is 354 Å². The summed E-state index contributed by atoms with van der Waals surface area (Å²) in [4.78, 5) is 114. The molecule has 0 radical (unpaired) electrons. The van der Waals surface area contributed by atoms with E-state index in [1.807, 2.05) is 0 Å². The van der Waals surface area contributed by atoms with Crippen molar-refractivity contribution in [2.24, 2.45) is 11.8 Å². The van der Waals surface area contributed by atoms with Crippen LogP contribution >= 0.6 is 15.6 Å². The maximum atomic E-state index is 14.1. The Bertz CT molecular complexity index is 3040. The standard InChI is InChI=1S/C42H54N12O17P2/c1-21(2)34(55)49-39-48-33-27(36(57)50-39)46-20-54(33)38-30(68-40(58)51(7)14-15-52(8)41(59)69-42(4,5)6)29-25(67-38)17-65-72(60,61)70-28-22(3)37(66-24(28)16-64-73(62,63)71-29)53-19-45-26-31(43-18-44-32(26)53)47-35(56)23-12-10-9-11-13-23/h9-13,18-22,24-25,28-30,37-38H,14-17H2,1-8H3,(H,60,61)(H,62,63)(H,43,44,47,56)(H2,48,49,50,55,57)/t22-,24-,25-,28+,29-,30-,37-,38-/m1/s1. The van der Waals surface area contributed by atoms with E-state index in [2.05, 4.69) is 40.5 Å². The summed E-state index contributed by atoms with van der Waals surface area (Å²) in [5.74, 6) is -2.56. The van der Waals surface area contributed by atoms with Gasteiger partial charge < -0.3 is 43.9 Å². The summed E-state index contributed by atoms with van der Waals surface area (Å²) in [5, 5.41) is 5.20. The third kappa shape index (κ3) is 11.9. The molecule has 0 spiro atoms. The minimum atomic E-state index is -5.31. The van der Waals surface area contributed by atoms with E-state index in [1.54, 1.807) is 71.9 Å². The predicted molar refractivity (Wildman–Crippen MR) is 251 cm³/mol. The van der Waals surface area contributed by atoms with Gasteiger partial charge in [-0.25, -0.2) is 38.7 Å². The normalized spacial score (nSPS) is 27.6. The number of likely N-dealkylation sites (N-methyl/N-ethyl adjacent to an activating group) is 2. The Balaban J connectivity index is 1.08. The van der Waals surface area contributed by atoms with Gasteiger partial charge in [-0.05, 0) is 32.9 Å². The Morgan fingerprint density at radius 3 is 2.07 bits per heavy atom. The number of hydrogen-bond donors (Lipinski definition) is 5. The first-order chi connectivity index (χ1) is 34.4. The fraction of sp³-hybridized carbons (Fsp3) is 0.524. The molecular formula is C42H54N12O17P2. The van der Waals surface area contributed by atoms with Crippen LogP contribution in [0.3, 0.4) is 0 Å². The van der Waals surface area contributed by atoms with Gasteiger partial charge in [0.15, 0.2) is 40.5 Å². The molecule has 2 unspecified atom stereocenters. The zero-order chi connectivity index (χ0) is 52.7. The molecule has 7 heterocycles. The Kier molecular flexibility index (Phi) is 15.2. The number of carbonyl (C=O) groups excluding carboxylic acids is 4. The van der Waals surface area contributed by atoms with E-state index in [4.69, 9.17) is 37.0 Å². The first-order valence-corrected chi connectivity index (χ1v) is 25.7. The van der Waals surface area contributed by atoms with E-state index in [0.29, 0.717) is 5.56 Å². The number of phosphoric acid groups is 2. The summed E-state index contributed by atoms with van der Waals surface area (Å²) in [5.41, 5.74) is -1.39. The minimum Gasteiger partial charge on any atom is -0.444 e.